The molecule has 6 heteroatoms. The first kappa shape index (κ1) is 11.0. The van der Waals surface area contributed by atoms with E-state index in [1.54, 1.807) is 6.92 Å². The Morgan fingerprint density at radius 3 is 2.73 bits per heavy atom. The molecule has 0 radical (unpaired) electrons. The fourth-order valence-corrected chi connectivity index (χ4v) is 1.30. The van der Waals surface area contributed by atoms with Crippen LogP contribution in [0.25, 0.3) is 0 Å². The van der Waals surface area contributed by atoms with Crippen molar-refractivity contribution in [3.63, 3.8) is 0 Å². The standard InChI is InChI=1S/C9H10N2O4/c1-6-7(5-10-12)3-4-8(11(13)14)9(6)15-2/h3-5,12H,1-2H3/b10-5-. The SMILES string of the molecule is COc1c([N+](=O)[O-])ccc(/C=N\O)c1C. The zero-order valence-electron chi connectivity index (χ0n) is 8.30. The average molecular weight is 210 g/mol. The smallest absolute Gasteiger partial charge is 0.311 e. The highest BCUT2D eigenvalue weighted by atomic mass is 16.6. The van der Waals surface area contributed by atoms with Gasteiger partial charge in [-0.3, -0.25) is 10.1 Å². The van der Waals surface area contributed by atoms with Crippen LogP contribution in [-0.4, -0.2) is 23.5 Å². The highest BCUT2D eigenvalue weighted by Gasteiger charge is 2.18. The van der Waals surface area contributed by atoms with Crippen molar-refractivity contribution in [2.75, 3.05) is 7.11 Å². The number of nitrogens with zero attached hydrogens (tertiary/aromatic N) is 2. The Balaban J connectivity index is 3.38. The largest absolute Gasteiger partial charge is 0.490 e. The minimum absolute atomic E-state index is 0.106. The molecule has 1 rings (SSSR count). The normalized spacial score (nSPS) is 10.5. The Morgan fingerprint density at radius 1 is 1.60 bits per heavy atom. The number of hydrogen-bond acceptors (Lipinski definition) is 5. The van der Waals surface area contributed by atoms with Crippen LogP contribution in [0.3, 0.4) is 0 Å². The second-order valence-corrected chi connectivity index (χ2v) is 2.83. The molecule has 15 heavy (non-hydrogen) atoms. The number of methoxy groups -OCH3 is 1. The molecule has 80 valence electrons. The molecule has 0 saturated carbocycles. The Labute approximate surface area is 85.9 Å². The highest BCUT2D eigenvalue weighted by molar-refractivity contribution is 5.83. The Bertz CT molecular complexity index is 415. The zero-order chi connectivity index (χ0) is 11.4. The maximum Gasteiger partial charge on any atom is 0.311 e. The summed E-state index contributed by atoms with van der Waals surface area (Å²) in [6.45, 7) is 1.66. The lowest BCUT2D eigenvalue weighted by Crippen LogP contribution is -1.98. The molecule has 1 aromatic rings. The summed E-state index contributed by atoms with van der Waals surface area (Å²) in [4.78, 5) is 10.1. The quantitative estimate of drug-likeness (QED) is 0.356. The van der Waals surface area contributed by atoms with Crippen molar-refractivity contribution < 1.29 is 14.9 Å². The van der Waals surface area contributed by atoms with Crippen LogP contribution in [0.15, 0.2) is 17.3 Å². The lowest BCUT2D eigenvalue weighted by molar-refractivity contribution is -0.385. The summed E-state index contributed by atoms with van der Waals surface area (Å²) in [6.07, 6.45) is 1.20. The van der Waals surface area contributed by atoms with Crippen LogP contribution in [0.2, 0.25) is 0 Å². The average Bonchev–Trinajstić information content (AvgIpc) is 2.20. The van der Waals surface area contributed by atoms with Gasteiger partial charge in [0, 0.05) is 17.2 Å². The first-order valence-corrected chi connectivity index (χ1v) is 4.11. The zero-order valence-corrected chi connectivity index (χ0v) is 8.30. The van der Waals surface area contributed by atoms with E-state index in [2.05, 4.69) is 5.16 Å². The maximum absolute atomic E-state index is 10.6. The first-order chi connectivity index (χ1) is 7.11. The molecule has 0 fully saturated rings. The molecule has 1 N–H and O–H groups in total. The third-order valence-corrected chi connectivity index (χ3v) is 2.02. The van der Waals surface area contributed by atoms with Crippen molar-refractivity contribution in [1.29, 1.82) is 0 Å². The lowest BCUT2D eigenvalue weighted by atomic mass is 10.1. The van der Waals surface area contributed by atoms with Crippen molar-refractivity contribution in [3.8, 4) is 5.75 Å². The van der Waals surface area contributed by atoms with Gasteiger partial charge in [0.05, 0.1) is 18.2 Å². The Hall–Kier alpha value is -2.11. The molecule has 0 bridgehead atoms. The van der Waals surface area contributed by atoms with Gasteiger partial charge in [-0.05, 0) is 13.0 Å². The van der Waals surface area contributed by atoms with Gasteiger partial charge < -0.3 is 9.94 Å². The molecule has 0 saturated heterocycles. The second kappa shape index (κ2) is 4.41. The molecule has 0 aliphatic rings. The highest BCUT2D eigenvalue weighted by Crippen LogP contribution is 2.31. The minimum Gasteiger partial charge on any atom is -0.490 e. The number of ether oxygens (including phenoxy) is 1. The molecule has 0 aliphatic heterocycles. The fourth-order valence-electron chi connectivity index (χ4n) is 1.30. The van der Waals surface area contributed by atoms with E-state index in [0.717, 1.165) is 0 Å². The van der Waals surface area contributed by atoms with Gasteiger partial charge in [0.15, 0.2) is 5.75 Å². The predicted molar refractivity (Wildman–Crippen MR) is 53.8 cm³/mol. The summed E-state index contributed by atoms with van der Waals surface area (Å²) in [6, 6.07) is 2.80. The summed E-state index contributed by atoms with van der Waals surface area (Å²) in [5.74, 6) is 0.178. The van der Waals surface area contributed by atoms with E-state index in [9.17, 15) is 10.1 Å². The molecular weight excluding hydrogens is 200 g/mol. The lowest BCUT2D eigenvalue weighted by Gasteiger charge is -2.07. The molecular formula is C9H10N2O4. The van der Waals surface area contributed by atoms with Gasteiger partial charge in [-0.1, -0.05) is 5.16 Å². The molecule has 0 heterocycles. The number of nitro groups is 1. The van der Waals surface area contributed by atoms with Gasteiger partial charge in [-0.2, -0.15) is 0 Å². The monoisotopic (exact) mass is 210 g/mol. The summed E-state index contributed by atoms with van der Waals surface area (Å²) < 4.78 is 4.94. The van der Waals surface area contributed by atoms with Crippen LogP contribution < -0.4 is 4.74 Å². The van der Waals surface area contributed by atoms with Crippen LogP contribution in [0.5, 0.6) is 5.75 Å². The first-order valence-electron chi connectivity index (χ1n) is 4.11. The van der Waals surface area contributed by atoms with Crippen molar-refractivity contribution in [2.24, 2.45) is 5.16 Å². The van der Waals surface area contributed by atoms with Crippen LogP contribution >= 0.6 is 0 Å². The van der Waals surface area contributed by atoms with Crippen LogP contribution in [0.1, 0.15) is 11.1 Å². The van der Waals surface area contributed by atoms with Crippen molar-refractivity contribution >= 4 is 11.9 Å². The van der Waals surface area contributed by atoms with Crippen molar-refractivity contribution in [3.05, 3.63) is 33.4 Å². The van der Waals surface area contributed by atoms with Gasteiger partial charge >= 0.3 is 5.69 Å². The van der Waals surface area contributed by atoms with Gasteiger partial charge in [0.2, 0.25) is 0 Å². The van der Waals surface area contributed by atoms with E-state index < -0.39 is 4.92 Å². The summed E-state index contributed by atoms with van der Waals surface area (Å²) in [7, 11) is 1.36. The Kier molecular flexibility index (Phi) is 3.22. The van der Waals surface area contributed by atoms with E-state index in [1.807, 2.05) is 0 Å². The minimum atomic E-state index is -0.522. The van der Waals surface area contributed by atoms with E-state index in [4.69, 9.17) is 9.94 Å². The van der Waals surface area contributed by atoms with Gasteiger partial charge in [-0.15, -0.1) is 0 Å². The number of nitro benzene ring substituents is 1. The molecule has 1 aromatic carbocycles. The number of hydrogen-bond donors (Lipinski definition) is 1. The predicted octanol–water partition coefficient (Wildman–Crippen LogP) is 1.72. The van der Waals surface area contributed by atoms with Crippen LogP contribution in [-0.2, 0) is 0 Å². The van der Waals surface area contributed by atoms with E-state index in [1.165, 1.54) is 25.5 Å². The maximum atomic E-state index is 10.6. The number of oxime groups is 1. The van der Waals surface area contributed by atoms with Gasteiger partial charge in [-0.25, -0.2) is 0 Å². The number of benzene rings is 1. The molecule has 6 nitrogen and oxygen atoms in total. The second-order valence-electron chi connectivity index (χ2n) is 2.83. The number of rotatable bonds is 3. The molecule has 0 amide bonds. The fraction of sp³-hybridized carbons (Fsp3) is 0.222. The third-order valence-electron chi connectivity index (χ3n) is 2.02. The van der Waals surface area contributed by atoms with Crippen LogP contribution in [0.4, 0.5) is 5.69 Å². The molecule has 0 spiro atoms. The van der Waals surface area contributed by atoms with Gasteiger partial charge in [0.25, 0.3) is 0 Å². The summed E-state index contributed by atoms with van der Waals surface area (Å²) >= 11 is 0. The van der Waals surface area contributed by atoms with Crippen molar-refractivity contribution in [1.82, 2.24) is 0 Å². The van der Waals surface area contributed by atoms with Crippen molar-refractivity contribution in [2.45, 2.75) is 6.92 Å². The van der Waals surface area contributed by atoms with E-state index >= 15 is 0 Å². The topological polar surface area (TPSA) is 85.0 Å². The van der Waals surface area contributed by atoms with E-state index in [0.29, 0.717) is 11.1 Å². The summed E-state index contributed by atoms with van der Waals surface area (Å²) in [5.41, 5.74) is 1.02. The molecule has 0 aromatic heterocycles. The third kappa shape index (κ3) is 2.04. The van der Waals surface area contributed by atoms with Gasteiger partial charge in [0.1, 0.15) is 0 Å². The molecule has 0 unspecified atom stereocenters. The van der Waals surface area contributed by atoms with Crippen LogP contribution in [0, 0.1) is 17.0 Å². The Morgan fingerprint density at radius 2 is 2.27 bits per heavy atom. The van der Waals surface area contributed by atoms with E-state index in [-0.39, 0.29) is 11.4 Å². The molecule has 0 aliphatic carbocycles. The summed E-state index contributed by atoms with van der Waals surface area (Å²) in [5, 5.41) is 21.9. The molecule has 0 atom stereocenters.